The molecule has 13 heteroatoms. The van der Waals surface area contributed by atoms with Crippen LogP contribution >= 0.6 is 0 Å². The summed E-state index contributed by atoms with van der Waals surface area (Å²) in [6, 6.07) is 0.494. The molecule has 3 aliphatic carbocycles. The highest BCUT2D eigenvalue weighted by atomic mass is 16.3. The zero-order chi connectivity index (χ0) is 30.5. The molecule has 0 aliphatic heterocycles. The fourth-order valence-electron chi connectivity index (χ4n) is 6.37. The van der Waals surface area contributed by atoms with Crippen molar-refractivity contribution in [3.05, 3.63) is 39.9 Å². The molecule has 1 aromatic rings. The molecule has 3 aliphatic rings. The van der Waals surface area contributed by atoms with Crippen LogP contribution in [0.15, 0.2) is 28.7 Å². The number of rotatable bonds is 8. The third kappa shape index (κ3) is 4.63. The van der Waals surface area contributed by atoms with Gasteiger partial charge in [-0.1, -0.05) is 6.92 Å². The van der Waals surface area contributed by atoms with Crippen LogP contribution in [0, 0.1) is 11.8 Å². The molecule has 0 saturated carbocycles. The van der Waals surface area contributed by atoms with Gasteiger partial charge in [0.05, 0.1) is 23.8 Å². The number of phenolic OH excluding ortho intramolecular Hbond substituents is 1. The Morgan fingerprint density at radius 1 is 1.15 bits per heavy atom. The number of nitrogens with two attached hydrogens (primary N) is 1. The first-order chi connectivity index (χ1) is 19.2. The number of carbonyl (C=O) groups excluding carboxylic acids is 4. The van der Waals surface area contributed by atoms with Gasteiger partial charge in [-0.25, -0.2) is 0 Å². The van der Waals surface area contributed by atoms with Crippen molar-refractivity contribution in [3.63, 3.8) is 0 Å². The second-order valence-corrected chi connectivity index (χ2v) is 11.2. The van der Waals surface area contributed by atoms with Crippen molar-refractivity contribution in [2.75, 3.05) is 51.5 Å². The maximum atomic E-state index is 14.0. The SMILES string of the molecule is CCCNCC(=O)Nc1cc(N(C)C)c2c(c1O)C(=O)C1=C(O)C3(O)C(=O)C(C(N)=O)=C(O)[C@@H](N(C)C)C3CC1C2. The van der Waals surface area contributed by atoms with E-state index in [1.54, 1.807) is 39.2 Å². The molecule has 4 atom stereocenters. The van der Waals surface area contributed by atoms with Crippen molar-refractivity contribution in [2.24, 2.45) is 17.6 Å². The fraction of sp³-hybridized carbons (Fsp3) is 0.500. The van der Waals surface area contributed by atoms with E-state index in [1.807, 2.05) is 6.92 Å². The highest BCUT2D eigenvalue weighted by Crippen LogP contribution is 2.53. The number of carbonyl (C=O) groups is 4. The van der Waals surface area contributed by atoms with Crippen LogP contribution in [-0.4, -0.2) is 102 Å². The van der Waals surface area contributed by atoms with Crippen molar-refractivity contribution < 1.29 is 39.6 Å². The molecule has 4 rings (SSSR count). The standard InChI is InChI=1S/C28H37N5O8/c1-6-7-30-11-17(34)31-15-10-16(32(2)3)13-8-12-9-14-21(33(4)5)24(37)20(27(29)40)26(39)28(14,41)25(38)18(12)23(36)19(13)22(15)35/h10,12,14,21,30,35,37-38,41H,6-9,11H2,1-5H3,(H2,29,40)(H,31,34)/t12?,14?,21-,28?/m0/s1. The first-order valence-corrected chi connectivity index (χ1v) is 13.4. The van der Waals surface area contributed by atoms with Gasteiger partial charge in [0.2, 0.25) is 11.7 Å². The van der Waals surface area contributed by atoms with Crippen LogP contribution in [0.25, 0.3) is 0 Å². The number of likely N-dealkylation sites (N-methyl/N-ethyl adjacent to an activating group) is 1. The van der Waals surface area contributed by atoms with Gasteiger partial charge in [0.1, 0.15) is 17.1 Å². The highest BCUT2D eigenvalue weighted by Gasteiger charge is 2.63. The lowest BCUT2D eigenvalue weighted by Crippen LogP contribution is -2.63. The lowest BCUT2D eigenvalue weighted by Gasteiger charge is -2.50. The van der Waals surface area contributed by atoms with E-state index in [1.165, 1.54) is 4.90 Å². The predicted molar refractivity (Wildman–Crippen MR) is 150 cm³/mol. The van der Waals surface area contributed by atoms with Crippen LogP contribution in [0.3, 0.4) is 0 Å². The summed E-state index contributed by atoms with van der Waals surface area (Å²) in [4.78, 5) is 55.3. The van der Waals surface area contributed by atoms with Crippen molar-refractivity contribution in [3.8, 4) is 5.75 Å². The Kier molecular flexibility index (Phi) is 7.91. The molecule has 0 aromatic heterocycles. The van der Waals surface area contributed by atoms with Gasteiger partial charge in [0.25, 0.3) is 5.91 Å². The summed E-state index contributed by atoms with van der Waals surface area (Å²) in [6.07, 6.45) is 0.945. The largest absolute Gasteiger partial charge is 0.510 e. The van der Waals surface area contributed by atoms with E-state index in [4.69, 9.17) is 5.73 Å². The zero-order valence-electron chi connectivity index (χ0n) is 23.7. The van der Waals surface area contributed by atoms with Gasteiger partial charge in [-0.3, -0.25) is 24.1 Å². The number of primary amides is 1. The van der Waals surface area contributed by atoms with Gasteiger partial charge in [-0.15, -0.1) is 0 Å². The van der Waals surface area contributed by atoms with E-state index in [0.717, 1.165) is 6.42 Å². The van der Waals surface area contributed by atoms with Crippen LogP contribution in [0.5, 0.6) is 5.75 Å². The number of hydrogen-bond acceptors (Lipinski definition) is 11. The highest BCUT2D eigenvalue weighted by molar-refractivity contribution is 6.25. The average molecular weight is 572 g/mol. The van der Waals surface area contributed by atoms with E-state index < -0.39 is 69.7 Å². The van der Waals surface area contributed by atoms with Crippen molar-refractivity contribution in [1.29, 1.82) is 0 Å². The molecule has 0 spiro atoms. The number of anilines is 2. The van der Waals surface area contributed by atoms with Crippen LogP contribution in [0.2, 0.25) is 0 Å². The van der Waals surface area contributed by atoms with Crippen molar-refractivity contribution in [2.45, 2.75) is 37.8 Å². The minimum absolute atomic E-state index is 0.0129. The Morgan fingerprint density at radius 3 is 2.37 bits per heavy atom. The number of amides is 2. The van der Waals surface area contributed by atoms with Crippen LogP contribution in [-0.2, 0) is 20.8 Å². The predicted octanol–water partition coefficient (Wildman–Crippen LogP) is 0.125. The van der Waals surface area contributed by atoms with Gasteiger partial charge in [0.15, 0.2) is 17.1 Å². The number of aliphatic hydroxyl groups is 3. The summed E-state index contributed by atoms with van der Waals surface area (Å²) in [7, 11) is 6.63. The molecule has 8 N–H and O–H groups in total. The van der Waals surface area contributed by atoms with Gasteiger partial charge in [-0.05, 0) is 57.5 Å². The topological polar surface area (TPSA) is 206 Å². The van der Waals surface area contributed by atoms with Gasteiger partial charge < -0.3 is 41.7 Å². The van der Waals surface area contributed by atoms with Crippen LogP contribution in [0.1, 0.15) is 35.7 Å². The first kappa shape index (κ1) is 30.0. The van der Waals surface area contributed by atoms with Gasteiger partial charge in [-0.2, -0.15) is 0 Å². The number of aliphatic hydroxyl groups excluding tert-OH is 2. The quantitative estimate of drug-likeness (QED) is 0.127. The molecule has 0 bridgehead atoms. The van der Waals surface area contributed by atoms with Crippen LogP contribution < -0.4 is 21.3 Å². The fourth-order valence-corrected chi connectivity index (χ4v) is 6.37. The van der Waals surface area contributed by atoms with Crippen molar-refractivity contribution >= 4 is 34.8 Å². The third-order valence-corrected chi connectivity index (χ3v) is 8.17. The molecule has 2 amide bonds. The molecule has 13 nitrogen and oxygen atoms in total. The Bertz CT molecular complexity index is 1400. The first-order valence-electron chi connectivity index (χ1n) is 13.4. The minimum Gasteiger partial charge on any atom is -0.510 e. The molecule has 41 heavy (non-hydrogen) atoms. The number of aromatic hydroxyl groups is 1. The molecule has 3 unspecified atom stereocenters. The van der Waals surface area contributed by atoms with Crippen molar-refractivity contribution in [1.82, 2.24) is 10.2 Å². The summed E-state index contributed by atoms with van der Waals surface area (Å²) in [5, 5.41) is 50.9. The molecule has 1 aromatic carbocycles. The smallest absolute Gasteiger partial charge is 0.255 e. The monoisotopic (exact) mass is 571 g/mol. The lowest BCUT2D eigenvalue weighted by atomic mass is 9.58. The number of Topliss-reactive ketones (excluding diaryl/α,β-unsaturated/α-hetero) is 2. The number of fused-ring (bicyclic) bond motifs is 3. The Morgan fingerprint density at radius 2 is 1.80 bits per heavy atom. The third-order valence-electron chi connectivity index (χ3n) is 8.17. The van der Waals surface area contributed by atoms with E-state index >= 15 is 0 Å². The molecule has 0 saturated heterocycles. The summed E-state index contributed by atoms with van der Waals surface area (Å²) in [5.41, 5.74) is 2.35. The van der Waals surface area contributed by atoms with E-state index in [2.05, 4.69) is 10.6 Å². The van der Waals surface area contributed by atoms with E-state index in [9.17, 15) is 39.6 Å². The normalized spacial score (nSPS) is 25.6. The second kappa shape index (κ2) is 10.8. The number of benzene rings is 1. The molecular formula is C28H37N5O8. The molecule has 0 fully saturated rings. The Labute approximate surface area is 237 Å². The number of phenols is 1. The number of allylic oxidation sites excluding steroid dienone is 1. The van der Waals surface area contributed by atoms with Crippen LogP contribution in [0.4, 0.5) is 11.4 Å². The van der Waals surface area contributed by atoms with Gasteiger partial charge >= 0.3 is 0 Å². The van der Waals surface area contributed by atoms with E-state index in [0.29, 0.717) is 17.8 Å². The average Bonchev–Trinajstić information content (AvgIpc) is 2.87. The number of nitrogens with zero attached hydrogens (tertiary/aromatic N) is 2. The number of hydrogen-bond donors (Lipinski definition) is 7. The summed E-state index contributed by atoms with van der Waals surface area (Å²) in [5.74, 6) is -7.73. The van der Waals surface area contributed by atoms with Gasteiger partial charge in [0, 0.05) is 31.3 Å². The Hall–Kier alpha value is -3.94. The molecule has 0 radical (unpaired) electrons. The molecule has 0 heterocycles. The number of ketones is 2. The summed E-state index contributed by atoms with van der Waals surface area (Å²) >= 11 is 0. The summed E-state index contributed by atoms with van der Waals surface area (Å²) < 4.78 is 0. The maximum Gasteiger partial charge on any atom is 0.255 e. The maximum absolute atomic E-state index is 14.0. The number of nitrogens with one attached hydrogen (secondary N) is 2. The zero-order valence-corrected chi connectivity index (χ0v) is 23.7. The van der Waals surface area contributed by atoms with E-state index in [-0.39, 0.29) is 36.2 Å². The molecule has 222 valence electrons. The minimum atomic E-state index is -2.72. The second-order valence-electron chi connectivity index (χ2n) is 11.2. The lowest BCUT2D eigenvalue weighted by molar-refractivity contribution is -0.148. The molecular weight excluding hydrogens is 534 g/mol. The summed E-state index contributed by atoms with van der Waals surface area (Å²) in [6.45, 7) is 2.54. The Balaban J connectivity index is 1.88.